The molecule has 1 rings (SSSR count). The number of carbonyl (C=O) groups excluding carboxylic acids is 2. The lowest BCUT2D eigenvalue weighted by Gasteiger charge is -2.15. The summed E-state index contributed by atoms with van der Waals surface area (Å²) in [5.74, 6) is -2.57. The molecule has 2 N–H and O–H groups in total. The second-order valence-electron chi connectivity index (χ2n) is 3.81. The van der Waals surface area contributed by atoms with E-state index in [9.17, 15) is 18.0 Å². The smallest absolute Gasteiger partial charge is 0.324 e. The first-order valence-electron chi connectivity index (χ1n) is 5.50. The van der Waals surface area contributed by atoms with Gasteiger partial charge in [-0.25, -0.2) is 18.1 Å². The van der Waals surface area contributed by atoms with E-state index in [1.165, 1.54) is 12.5 Å². The Morgan fingerprint density at radius 2 is 2.10 bits per heavy atom. The third-order valence-corrected chi connectivity index (χ3v) is 3.58. The van der Waals surface area contributed by atoms with Crippen LogP contribution in [-0.2, 0) is 35.5 Å². The molecule has 0 bridgehead atoms. The molecule has 0 unspecified atom stereocenters. The van der Waals surface area contributed by atoms with Gasteiger partial charge >= 0.3 is 11.9 Å². The van der Waals surface area contributed by atoms with Gasteiger partial charge in [0, 0.05) is 18.3 Å². The van der Waals surface area contributed by atoms with Gasteiger partial charge in [0.1, 0.15) is 6.04 Å². The van der Waals surface area contributed by atoms with Gasteiger partial charge in [-0.2, -0.15) is 0 Å². The lowest BCUT2D eigenvalue weighted by molar-refractivity contribution is -0.142. The van der Waals surface area contributed by atoms with Crippen molar-refractivity contribution in [1.82, 2.24) is 14.7 Å². The number of carbonyl (C=O) groups is 2. The molecule has 0 saturated heterocycles. The molecule has 0 amide bonds. The van der Waals surface area contributed by atoms with Gasteiger partial charge in [0.25, 0.3) is 0 Å². The lowest BCUT2D eigenvalue weighted by Crippen LogP contribution is -2.45. The van der Waals surface area contributed by atoms with E-state index in [4.69, 9.17) is 0 Å². The van der Waals surface area contributed by atoms with Crippen molar-refractivity contribution in [3.63, 3.8) is 0 Å². The number of aromatic nitrogens is 2. The van der Waals surface area contributed by atoms with Crippen LogP contribution in [0.2, 0.25) is 0 Å². The molecule has 10 heteroatoms. The van der Waals surface area contributed by atoms with Gasteiger partial charge in [0.05, 0.1) is 20.5 Å². The predicted molar refractivity (Wildman–Crippen MR) is 67.0 cm³/mol. The number of hydrogen-bond acceptors (Lipinski definition) is 7. The first kappa shape index (κ1) is 16.1. The maximum atomic E-state index is 11.7. The highest BCUT2D eigenvalue weighted by Crippen LogP contribution is 2.03. The number of H-pyrrole nitrogens is 1. The number of rotatable bonds is 7. The Bertz CT molecular complexity index is 554. The highest BCUT2D eigenvalue weighted by molar-refractivity contribution is 7.90. The topological polar surface area (TPSA) is 127 Å². The van der Waals surface area contributed by atoms with Gasteiger partial charge in [0.15, 0.2) is 5.75 Å². The van der Waals surface area contributed by atoms with Crippen LogP contribution in [0.1, 0.15) is 5.69 Å². The number of sulfonamides is 1. The molecule has 9 nitrogen and oxygen atoms in total. The Morgan fingerprint density at radius 1 is 1.40 bits per heavy atom. The number of methoxy groups -OCH3 is 2. The molecular formula is C10H15N3O6S. The molecule has 0 aliphatic carbocycles. The largest absolute Gasteiger partial charge is 0.468 e. The van der Waals surface area contributed by atoms with E-state index < -0.39 is 33.8 Å². The van der Waals surface area contributed by atoms with Crippen molar-refractivity contribution in [3.05, 3.63) is 18.2 Å². The van der Waals surface area contributed by atoms with Crippen LogP contribution in [0.25, 0.3) is 0 Å². The third kappa shape index (κ3) is 4.97. The van der Waals surface area contributed by atoms with Crippen LogP contribution in [0.15, 0.2) is 12.5 Å². The zero-order valence-electron chi connectivity index (χ0n) is 11.0. The number of hydrogen-bond donors (Lipinski definition) is 2. The Balaban J connectivity index is 2.79. The summed E-state index contributed by atoms with van der Waals surface area (Å²) in [5, 5.41) is 0. The van der Waals surface area contributed by atoms with Gasteiger partial charge in [-0.1, -0.05) is 0 Å². The van der Waals surface area contributed by atoms with Gasteiger partial charge in [-0.15, -0.1) is 0 Å². The molecule has 1 atom stereocenters. The Hall–Kier alpha value is -1.94. The number of aromatic amines is 1. The molecule has 0 aliphatic rings. The molecule has 0 aliphatic heterocycles. The van der Waals surface area contributed by atoms with Crippen molar-refractivity contribution in [1.29, 1.82) is 0 Å². The zero-order valence-corrected chi connectivity index (χ0v) is 11.8. The Labute approximate surface area is 115 Å². The first-order chi connectivity index (χ1) is 9.38. The van der Waals surface area contributed by atoms with Crippen molar-refractivity contribution in [2.75, 3.05) is 20.0 Å². The van der Waals surface area contributed by atoms with Crippen molar-refractivity contribution < 1.29 is 27.5 Å². The molecule has 0 radical (unpaired) electrons. The molecule has 0 saturated carbocycles. The summed E-state index contributed by atoms with van der Waals surface area (Å²) in [6.45, 7) is 0. The quantitative estimate of drug-likeness (QED) is 0.592. The van der Waals surface area contributed by atoms with Crippen LogP contribution in [0.5, 0.6) is 0 Å². The summed E-state index contributed by atoms with van der Waals surface area (Å²) < 4.78 is 34.3. The predicted octanol–water partition coefficient (Wildman–Crippen LogP) is -1.41. The van der Waals surface area contributed by atoms with Crippen molar-refractivity contribution in [2.24, 2.45) is 0 Å². The minimum Gasteiger partial charge on any atom is -0.468 e. The van der Waals surface area contributed by atoms with E-state index in [1.54, 1.807) is 0 Å². The maximum Gasteiger partial charge on any atom is 0.324 e. The molecule has 112 valence electrons. The molecule has 0 aromatic carbocycles. The SMILES string of the molecule is COC(=O)CS(=O)(=O)N[C@@H](Cc1cnc[nH]1)C(=O)OC. The Morgan fingerprint density at radius 3 is 2.60 bits per heavy atom. The summed E-state index contributed by atoms with van der Waals surface area (Å²) in [6, 6.07) is -1.16. The highest BCUT2D eigenvalue weighted by Gasteiger charge is 2.27. The van der Waals surface area contributed by atoms with Gasteiger partial charge in [-0.3, -0.25) is 9.59 Å². The Kier molecular flexibility index (Phi) is 5.65. The van der Waals surface area contributed by atoms with Crippen LogP contribution in [0.4, 0.5) is 0 Å². The summed E-state index contributed by atoms with van der Waals surface area (Å²) >= 11 is 0. The minimum atomic E-state index is -4.01. The fraction of sp³-hybridized carbons (Fsp3) is 0.500. The number of nitrogens with one attached hydrogen (secondary N) is 2. The van der Waals surface area contributed by atoms with Gasteiger partial charge in [-0.05, 0) is 0 Å². The standard InChI is InChI=1S/C10H15N3O6S/c1-18-9(14)5-20(16,17)13-8(10(15)19-2)3-7-4-11-6-12-7/h4,6,8,13H,3,5H2,1-2H3,(H,11,12)/t8-/m0/s1. The third-order valence-electron chi connectivity index (χ3n) is 2.32. The average molecular weight is 305 g/mol. The number of nitrogens with zero attached hydrogens (tertiary/aromatic N) is 1. The fourth-order valence-corrected chi connectivity index (χ4v) is 2.53. The first-order valence-corrected chi connectivity index (χ1v) is 7.15. The normalized spacial score (nSPS) is 12.7. The van der Waals surface area contributed by atoms with E-state index in [1.807, 2.05) is 0 Å². The lowest BCUT2D eigenvalue weighted by atomic mass is 10.2. The van der Waals surface area contributed by atoms with Crippen LogP contribution in [-0.4, -0.2) is 56.3 Å². The molecule has 20 heavy (non-hydrogen) atoms. The van der Waals surface area contributed by atoms with Crippen LogP contribution in [0, 0.1) is 0 Å². The van der Waals surface area contributed by atoms with E-state index in [2.05, 4.69) is 24.2 Å². The molecular weight excluding hydrogens is 290 g/mol. The number of imidazole rings is 1. The molecule has 0 fully saturated rings. The van der Waals surface area contributed by atoms with Gasteiger partial charge in [0.2, 0.25) is 10.0 Å². The van der Waals surface area contributed by atoms with E-state index >= 15 is 0 Å². The van der Waals surface area contributed by atoms with Crippen LogP contribution in [0.3, 0.4) is 0 Å². The number of ether oxygens (including phenoxy) is 2. The second-order valence-corrected chi connectivity index (χ2v) is 5.56. The molecule has 1 aromatic rings. The van der Waals surface area contributed by atoms with Crippen LogP contribution >= 0.6 is 0 Å². The van der Waals surface area contributed by atoms with E-state index in [-0.39, 0.29) is 6.42 Å². The van der Waals surface area contributed by atoms with E-state index in [0.29, 0.717) is 5.69 Å². The number of esters is 2. The molecule has 1 heterocycles. The monoisotopic (exact) mass is 305 g/mol. The van der Waals surface area contributed by atoms with Crippen molar-refractivity contribution >= 4 is 22.0 Å². The molecule has 1 aromatic heterocycles. The van der Waals surface area contributed by atoms with E-state index in [0.717, 1.165) is 14.2 Å². The second kappa shape index (κ2) is 7.01. The maximum absolute atomic E-state index is 11.7. The fourth-order valence-electron chi connectivity index (χ4n) is 1.40. The highest BCUT2D eigenvalue weighted by atomic mass is 32.2. The summed E-state index contributed by atoms with van der Waals surface area (Å²) in [7, 11) is -1.80. The van der Waals surface area contributed by atoms with Gasteiger partial charge < -0.3 is 14.5 Å². The minimum absolute atomic E-state index is 0.0209. The zero-order chi connectivity index (χ0) is 15.2. The molecule has 0 spiro atoms. The van der Waals surface area contributed by atoms with Crippen LogP contribution < -0.4 is 4.72 Å². The van der Waals surface area contributed by atoms with Crippen molar-refractivity contribution in [2.45, 2.75) is 12.5 Å². The summed E-state index contributed by atoms with van der Waals surface area (Å²) in [6.07, 6.45) is 2.87. The summed E-state index contributed by atoms with van der Waals surface area (Å²) in [5.41, 5.74) is 0.543. The van der Waals surface area contributed by atoms with Crippen molar-refractivity contribution in [3.8, 4) is 0 Å². The average Bonchev–Trinajstić information content (AvgIpc) is 2.88. The summed E-state index contributed by atoms with van der Waals surface area (Å²) in [4.78, 5) is 29.1.